The molecule has 0 unspecified atom stereocenters. The Bertz CT molecular complexity index is 913. The fourth-order valence-electron chi connectivity index (χ4n) is 2.46. The Balaban J connectivity index is 1.71. The van der Waals surface area contributed by atoms with E-state index in [1.54, 1.807) is 6.07 Å². The molecule has 0 aromatic heterocycles. The van der Waals surface area contributed by atoms with E-state index in [1.165, 1.54) is 18.2 Å². The standard InChI is InChI=1S/C18H14ClNO7/c19-12-3-4-14(20(23)24)13(9-12)18(22)27-10-15(21)11-2-5-16-17(8-11)26-7-1-6-25-16/h2-5,8-9H,1,6-7,10H2. The minimum absolute atomic E-state index is 0.141. The molecule has 1 aliphatic rings. The molecule has 1 aliphatic heterocycles. The number of Topliss-reactive ketones (excluding diaryl/α,β-unsaturated/α-hetero) is 1. The lowest BCUT2D eigenvalue weighted by Gasteiger charge is -2.09. The minimum atomic E-state index is -1.01. The minimum Gasteiger partial charge on any atom is -0.490 e. The summed E-state index contributed by atoms with van der Waals surface area (Å²) < 4.78 is 15.9. The summed E-state index contributed by atoms with van der Waals surface area (Å²) in [6.07, 6.45) is 0.730. The zero-order valence-corrected chi connectivity index (χ0v) is 14.7. The number of halogens is 1. The van der Waals surface area contributed by atoms with Crippen LogP contribution in [-0.4, -0.2) is 36.5 Å². The molecule has 1 heterocycles. The van der Waals surface area contributed by atoms with Crippen molar-refractivity contribution in [2.75, 3.05) is 19.8 Å². The first-order valence-electron chi connectivity index (χ1n) is 7.99. The Kier molecular flexibility index (Phi) is 5.56. The predicted octanol–water partition coefficient (Wildman–Crippen LogP) is 3.45. The molecule has 3 rings (SSSR count). The molecule has 0 saturated heterocycles. The van der Waals surface area contributed by atoms with Gasteiger partial charge in [0.25, 0.3) is 5.69 Å². The van der Waals surface area contributed by atoms with Crippen molar-refractivity contribution in [3.63, 3.8) is 0 Å². The van der Waals surface area contributed by atoms with E-state index in [0.717, 1.165) is 18.6 Å². The highest BCUT2D eigenvalue weighted by Crippen LogP contribution is 2.30. The molecule has 0 radical (unpaired) electrons. The van der Waals surface area contributed by atoms with Crippen LogP contribution in [0.2, 0.25) is 5.02 Å². The van der Waals surface area contributed by atoms with Crippen LogP contribution in [-0.2, 0) is 4.74 Å². The molecule has 140 valence electrons. The van der Waals surface area contributed by atoms with Gasteiger partial charge in [0, 0.05) is 23.1 Å². The summed E-state index contributed by atoms with van der Waals surface area (Å²) in [5.74, 6) is -0.513. The van der Waals surface area contributed by atoms with E-state index in [0.29, 0.717) is 24.7 Å². The molecule has 9 heteroatoms. The summed E-state index contributed by atoms with van der Waals surface area (Å²) in [5.41, 5.74) is -0.501. The summed E-state index contributed by atoms with van der Waals surface area (Å²) in [6.45, 7) is 0.413. The molecule has 0 saturated carbocycles. The van der Waals surface area contributed by atoms with Crippen molar-refractivity contribution < 1.29 is 28.7 Å². The van der Waals surface area contributed by atoms with Gasteiger partial charge in [0.2, 0.25) is 0 Å². The Morgan fingerprint density at radius 1 is 1.11 bits per heavy atom. The first kappa shape index (κ1) is 18.7. The molecular formula is C18H14ClNO7. The lowest BCUT2D eigenvalue weighted by atomic mass is 10.1. The van der Waals surface area contributed by atoms with Crippen molar-refractivity contribution in [3.05, 3.63) is 62.7 Å². The molecule has 0 amide bonds. The van der Waals surface area contributed by atoms with Crippen LogP contribution in [0.1, 0.15) is 27.1 Å². The third kappa shape index (κ3) is 4.35. The summed E-state index contributed by atoms with van der Waals surface area (Å²) in [7, 11) is 0. The summed E-state index contributed by atoms with van der Waals surface area (Å²) in [6, 6.07) is 8.17. The maximum absolute atomic E-state index is 12.3. The number of benzene rings is 2. The number of carbonyl (C=O) groups is 2. The molecule has 0 atom stereocenters. The Labute approximate surface area is 158 Å². The van der Waals surface area contributed by atoms with Gasteiger partial charge in [-0.1, -0.05) is 11.6 Å². The number of rotatable bonds is 5. The smallest absolute Gasteiger partial charge is 0.345 e. The van der Waals surface area contributed by atoms with Gasteiger partial charge < -0.3 is 14.2 Å². The molecule has 0 aliphatic carbocycles. The molecule has 8 nitrogen and oxygen atoms in total. The van der Waals surface area contributed by atoms with Gasteiger partial charge in [-0.25, -0.2) is 4.79 Å². The van der Waals surface area contributed by atoms with Crippen LogP contribution in [0.25, 0.3) is 0 Å². The highest BCUT2D eigenvalue weighted by Gasteiger charge is 2.23. The van der Waals surface area contributed by atoms with E-state index in [1.807, 2.05) is 0 Å². The highest BCUT2D eigenvalue weighted by atomic mass is 35.5. The molecule has 27 heavy (non-hydrogen) atoms. The first-order valence-corrected chi connectivity index (χ1v) is 8.37. The zero-order chi connectivity index (χ0) is 19.4. The summed E-state index contributed by atoms with van der Waals surface area (Å²) in [4.78, 5) is 34.8. The highest BCUT2D eigenvalue weighted by molar-refractivity contribution is 6.31. The average molecular weight is 392 g/mol. The Morgan fingerprint density at radius 3 is 2.59 bits per heavy atom. The van der Waals surface area contributed by atoms with Crippen molar-refractivity contribution in [1.82, 2.24) is 0 Å². The van der Waals surface area contributed by atoms with E-state index in [-0.39, 0.29) is 16.1 Å². The van der Waals surface area contributed by atoms with Crippen molar-refractivity contribution in [2.45, 2.75) is 6.42 Å². The van der Waals surface area contributed by atoms with E-state index in [9.17, 15) is 19.7 Å². The van der Waals surface area contributed by atoms with Crippen molar-refractivity contribution in [3.8, 4) is 11.5 Å². The second kappa shape index (κ2) is 8.05. The summed E-state index contributed by atoms with van der Waals surface area (Å²) >= 11 is 5.78. The van der Waals surface area contributed by atoms with Gasteiger partial charge in [-0.05, 0) is 30.3 Å². The molecule has 2 aromatic rings. The van der Waals surface area contributed by atoms with Gasteiger partial charge in [0.1, 0.15) is 5.56 Å². The van der Waals surface area contributed by atoms with Gasteiger partial charge in [0.05, 0.1) is 18.1 Å². The monoisotopic (exact) mass is 391 g/mol. The van der Waals surface area contributed by atoms with E-state index < -0.39 is 29.0 Å². The normalized spacial score (nSPS) is 12.8. The second-order valence-corrected chi connectivity index (χ2v) is 6.07. The van der Waals surface area contributed by atoms with Crippen LogP contribution < -0.4 is 9.47 Å². The Morgan fingerprint density at radius 2 is 1.85 bits per heavy atom. The maximum atomic E-state index is 12.3. The number of nitro groups is 1. The number of nitro benzene ring substituents is 1. The number of hydrogen-bond donors (Lipinski definition) is 0. The quantitative estimate of drug-likeness (QED) is 0.332. The van der Waals surface area contributed by atoms with Crippen LogP contribution in [0.4, 0.5) is 5.69 Å². The third-order valence-electron chi connectivity index (χ3n) is 3.78. The number of hydrogen-bond acceptors (Lipinski definition) is 7. The van der Waals surface area contributed by atoms with Crippen molar-refractivity contribution in [2.24, 2.45) is 0 Å². The molecule has 0 N–H and O–H groups in total. The van der Waals surface area contributed by atoms with Gasteiger partial charge in [0.15, 0.2) is 23.9 Å². The molecule has 0 spiro atoms. The van der Waals surface area contributed by atoms with Crippen LogP contribution in [0.5, 0.6) is 11.5 Å². The lowest BCUT2D eigenvalue weighted by Crippen LogP contribution is -2.15. The topological polar surface area (TPSA) is 105 Å². The second-order valence-electron chi connectivity index (χ2n) is 5.63. The fraction of sp³-hybridized carbons (Fsp3) is 0.222. The van der Waals surface area contributed by atoms with Gasteiger partial charge in [-0.15, -0.1) is 0 Å². The third-order valence-corrected chi connectivity index (χ3v) is 4.01. The van der Waals surface area contributed by atoms with E-state index in [4.69, 9.17) is 25.8 Å². The summed E-state index contributed by atoms with van der Waals surface area (Å²) in [5, 5.41) is 11.2. The number of carbonyl (C=O) groups excluding carboxylic acids is 2. The van der Waals surface area contributed by atoms with Gasteiger partial charge in [-0.2, -0.15) is 0 Å². The van der Waals surface area contributed by atoms with Crippen LogP contribution in [0, 0.1) is 10.1 Å². The predicted molar refractivity (Wildman–Crippen MR) is 94.8 cm³/mol. The number of esters is 1. The van der Waals surface area contributed by atoms with Crippen LogP contribution >= 0.6 is 11.6 Å². The van der Waals surface area contributed by atoms with Crippen molar-refractivity contribution >= 4 is 29.0 Å². The maximum Gasteiger partial charge on any atom is 0.345 e. The number of nitrogens with zero attached hydrogens (tertiary/aromatic N) is 1. The van der Waals surface area contributed by atoms with Gasteiger partial charge in [-0.3, -0.25) is 14.9 Å². The fourth-order valence-corrected chi connectivity index (χ4v) is 2.63. The zero-order valence-electron chi connectivity index (χ0n) is 14.0. The average Bonchev–Trinajstić information content (AvgIpc) is 2.90. The lowest BCUT2D eigenvalue weighted by molar-refractivity contribution is -0.385. The largest absolute Gasteiger partial charge is 0.490 e. The van der Waals surface area contributed by atoms with E-state index >= 15 is 0 Å². The van der Waals surface area contributed by atoms with E-state index in [2.05, 4.69) is 0 Å². The number of ether oxygens (including phenoxy) is 3. The number of fused-ring (bicyclic) bond motifs is 1. The molecule has 0 fully saturated rings. The Hall–Kier alpha value is -3.13. The first-order chi connectivity index (χ1) is 13.0. The molecule has 0 bridgehead atoms. The van der Waals surface area contributed by atoms with Gasteiger partial charge >= 0.3 is 5.97 Å². The SMILES string of the molecule is O=C(COC(=O)c1cc(Cl)ccc1[N+](=O)[O-])c1ccc2c(c1)OCCCO2. The van der Waals surface area contributed by atoms with Crippen LogP contribution in [0.15, 0.2) is 36.4 Å². The van der Waals surface area contributed by atoms with Crippen molar-refractivity contribution in [1.29, 1.82) is 0 Å². The molecular weight excluding hydrogens is 378 g/mol. The van der Waals surface area contributed by atoms with Crippen LogP contribution in [0.3, 0.4) is 0 Å². The number of ketones is 1. The molecule has 2 aromatic carbocycles.